The van der Waals surface area contributed by atoms with Crippen LogP contribution in [0.4, 0.5) is 27.1 Å². The average Bonchev–Trinajstić information content (AvgIpc) is 3.29. The third kappa shape index (κ3) is 4.11. The topological polar surface area (TPSA) is 110 Å². The van der Waals surface area contributed by atoms with E-state index >= 15 is 0 Å². The molecule has 34 heavy (non-hydrogen) atoms. The number of nitrogens with zero attached hydrogens (tertiary/aromatic N) is 2. The van der Waals surface area contributed by atoms with Crippen LogP contribution in [0, 0.1) is 18.6 Å². The van der Waals surface area contributed by atoms with Gasteiger partial charge in [-0.15, -0.1) is 11.3 Å². The van der Waals surface area contributed by atoms with Crippen molar-refractivity contribution in [3.8, 4) is 11.3 Å². The number of halogens is 5. The zero-order chi connectivity index (χ0) is 24.9. The van der Waals surface area contributed by atoms with Crippen molar-refractivity contribution in [1.29, 1.82) is 0 Å². The Morgan fingerprint density at radius 3 is 2.50 bits per heavy atom. The van der Waals surface area contributed by atoms with Crippen LogP contribution in [0.3, 0.4) is 0 Å². The number of aromatic nitrogens is 3. The van der Waals surface area contributed by atoms with Crippen LogP contribution in [0.5, 0.6) is 0 Å². The normalized spacial score (nSPS) is 11.9. The molecule has 4 aromatic rings. The summed E-state index contributed by atoms with van der Waals surface area (Å²) in [6.07, 6.45) is -5.27. The number of fused-ring (bicyclic) bond motifs is 1. The summed E-state index contributed by atoms with van der Waals surface area (Å²) in [7, 11) is 1.25. The van der Waals surface area contributed by atoms with Crippen molar-refractivity contribution in [2.75, 3.05) is 5.32 Å². The summed E-state index contributed by atoms with van der Waals surface area (Å²) in [5.41, 5.74) is -3.78. The first kappa shape index (κ1) is 23.4. The van der Waals surface area contributed by atoms with Gasteiger partial charge in [0.05, 0.1) is 23.2 Å². The van der Waals surface area contributed by atoms with Gasteiger partial charge < -0.3 is 9.73 Å². The predicted molar refractivity (Wildman–Crippen MR) is 112 cm³/mol. The number of nitrogens with one attached hydrogen (secondary N) is 2. The summed E-state index contributed by atoms with van der Waals surface area (Å²) in [4.78, 5) is 43.0. The maximum absolute atomic E-state index is 14.2. The Morgan fingerprint density at radius 2 is 1.88 bits per heavy atom. The molecule has 0 aliphatic heterocycles. The number of anilines is 1. The summed E-state index contributed by atoms with van der Waals surface area (Å²) in [5.74, 6) is -3.35. The van der Waals surface area contributed by atoms with Gasteiger partial charge in [-0.2, -0.15) is 13.2 Å². The van der Waals surface area contributed by atoms with Gasteiger partial charge in [-0.05, 0) is 19.1 Å². The number of benzene rings is 1. The number of H-pyrrole nitrogens is 1. The number of amides is 1. The lowest BCUT2D eigenvalue weighted by molar-refractivity contribution is -0.138. The van der Waals surface area contributed by atoms with Crippen LogP contribution in [0.2, 0.25) is 0 Å². The number of aryl methyl sites for hydroxylation is 1. The van der Waals surface area contributed by atoms with Crippen molar-refractivity contribution in [3.63, 3.8) is 0 Å². The Labute approximate surface area is 189 Å². The zero-order valence-corrected chi connectivity index (χ0v) is 18.1. The van der Waals surface area contributed by atoms with E-state index in [2.05, 4.69) is 15.3 Å². The smallest absolute Gasteiger partial charge is 0.416 e. The molecule has 8 nitrogen and oxygen atoms in total. The Balaban J connectivity index is 1.59. The molecule has 3 aromatic heterocycles. The van der Waals surface area contributed by atoms with Crippen molar-refractivity contribution in [1.82, 2.24) is 14.5 Å². The van der Waals surface area contributed by atoms with E-state index in [0.717, 1.165) is 15.9 Å². The minimum atomic E-state index is -4.93. The third-order valence-electron chi connectivity index (χ3n) is 4.97. The number of aromatic amines is 1. The van der Waals surface area contributed by atoms with Gasteiger partial charge in [0.2, 0.25) is 11.6 Å². The molecule has 178 valence electrons. The van der Waals surface area contributed by atoms with E-state index in [1.165, 1.54) is 19.4 Å². The molecule has 0 aliphatic carbocycles. The second-order valence-electron chi connectivity index (χ2n) is 7.21. The minimum absolute atomic E-state index is 0.0171. The first-order valence-corrected chi connectivity index (χ1v) is 10.3. The van der Waals surface area contributed by atoms with Crippen LogP contribution in [0.25, 0.3) is 22.4 Å². The Hall–Kier alpha value is -3.81. The maximum atomic E-state index is 14.2. The number of carbonyl (C=O) groups excluding carboxylic acids is 1. The monoisotopic (exact) mass is 500 g/mol. The molecular formula is C20H13F5N4O4S. The standard InChI is InChI=1S/C20H13F5N4O4S/c1-7-9(14-16(33-7)28-19(32)29(2)17(14)31)5-13(30)27-18-26-12(6-34-18)15-10(21)3-8(4-11(15)22)20(23,24)25/h3-4,6H,5H2,1-2H3,(H,28,32)(H,26,27,30). The van der Waals surface area contributed by atoms with Gasteiger partial charge in [0.1, 0.15) is 22.8 Å². The van der Waals surface area contributed by atoms with Gasteiger partial charge in [0, 0.05) is 18.0 Å². The molecule has 2 N–H and O–H groups in total. The highest BCUT2D eigenvalue weighted by atomic mass is 32.1. The van der Waals surface area contributed by atoms with Gasteiger partial charge in [-0.25, -0.2) is 18.6 Å². The SMILES string of the molecule is Cc1oc2[nH]c(=O)n(C)c(=O)c2c1CC(=O)Nc1nc(-c2c(F)cc(C(F)(F)F)cc2F)cs1. The van der Waals surface area contributed by atoms with Gasteiger partial charge in [0.15, 0.2) is 5.13 Å². The summed E-state index contributed by atoms with van der Waals surface area (Å²) >= 11 is 0.792. The summed E-state index contributed by atoms with van der Waals surface area (Å²) < 4.78 is 72.8. The number of hydrogen-bond donors (Lipinski definition) is 2. The number of carbonyl (C=O) groups is 1. The number of thiazole rings is 1. The highest BCUT2D eigenvalue weighted by Crippen LogP contribution is 2.35. The zero-order valence-electron chi connectivity index (χ0n) is 17.3. The molecule has 4 rings (SSSR count). The summed E-state index contributed by atoms with van der Waals surface area (Å²) in [6, 6.07) is 0.321. The Bertz CT molecular complexity index is 1540. The molecule has 0 saturated carbocycles. The Kier molecular flexibility index (Phi) is 5.63. The van der Waals surface area contributed by atoms with Crippen LogP contribution in [0.1, 0.15) is 16.9 Å². The van der Waals surface area contributed by atoms with Crippen LogP contribution in [-0.4, -0.2) is 20.4 Å². The fourth-order valence-corrected chi connectivity index (χ4v) is 4.02. The highest BCUT2D eigenvalue weighted by Gasteiger charge is 2.33. The molecule has 0 atom stereocenters. The molecule has 0 spiro atoms. The van der Waals surface area contributed by atoms with E-state index in [1.54, 1.807) is 0 Å². The Morgan fingerprint density at radius 1 is 1.24 bits per heavy atom. The van der Waals surface area contributed by atoms with E-state index in [0.29, 0.717) is 0 Å². The molecular weight excluding hydrogens is 487 g/mol. The molecule has 0 aliphatic rings. The molecule has 0 saturated heterocycles. The van der Waals surface area contributed by atoms with Gasteiger partial charge >= 0.3 is 11.9 Å². The van der Waals surface area contributed by atoms with Crippen molar-refractivity contribution in [3.05, 3.63) is 66.9 Å². The molecule has 0 radical (unpaired) electrons. The summed E-state index contributed by atoms with van der Waals surface area (Å²) in [6.45, 7) is 1.50. The quantitative estimate of drug-likeness (QED) is 0.415. The van der Waals surface area contributed by atoms with Crippen molar-refractivity contribution >= 4 is 33.5 Å². The summed E-state index contributed by atoms with van der Waals surface area (Å²) in [5, 5.41) is 3.51. The first-order chi connectivity index (χ1) is 15.9. The molecule has 0 unspecified atom stereocenters. The number of rotatable bonds is 4. The second-order valence-corrected chi connectivity index (χ2v) is 8.07. The molecule has 0 fully saturated rings. The average molecular weight is 500 g/mol. The lowest BCUT2D eigenvalue weighted by Gasteiger charge is -2.09. The predicted octanol–water partition coefficient (Wildman–Crippen LogP) is 3.73. The third-order valence-corrected chi connectivity index (χ3v) is 5.72. The highest BCUT2D eigenvalue weighted by molar-refractivity contribution is 7.14. The van der Waals surface area contributed by atoms with Gasteiger partial charge in [-0.1, -0.05) is 0 Å². The van der Waals surface area contributed by atoms with Crippen molar-refractivity contribution in [2.45, 2.75) is 19.5 Å². The van der Waals surface area contributed by atoms with Gasteiger partial charge in [0.25, 0.3) is 5.56 Å². The molecule has 14 heteroatoms. The second kappa shape index (κ2) is 8.20. The maximum Gasteiger partial charge on any atom is 0.416 e. The van der Waals surface area contributed by atoms with E-state index in [9.17, 15) is 36.3 Å². The minimum Gasteiger partial charge on any atom is -0.444 e. The molecule has 0 bridgehead atoms. The van der Waals surface area contributed by atoms with Crippen LogP contribution in [-0.2, 0) is 24.4 Å². The fourth-order valence-electron chi connectivity index (χ4n) is 3.30. The largest absolute Gasteiger partial charge is 0.444 e. The first-order valence-electron chi connectivity index (χ1n) is 9.40. The van der Waals surface area contributed by atoms with Crippen molar-refractivity contribution < 1.29 is 31.2 Å². The van der Waals surface area contributed by atoms with E-state index in [1.807, 2.05) is 0 Å². The number of hydrogen-bond acceptors (Lipinski definition) is 6. The van der Waals surface area contributed by atoms with Crippen molar-refractivity contribution in [2.24, 2.45) is 7.05 Å². The molecule has 1 aromatic carbocycles. The van der Waals surface area contributed by atoms with Crippen LogP contribution >= 0.6 is 11.3 Å². The lowest BCUT2D eigenvalue weighted by atomic mass is 10.1. The van der Waals surface area contributed by atoms with E-state index < -0.39 is 46.1 Å². The lowest BCUT2D eigenvalue weighted by Crippen LogP contribution is -2.32. The van der Waals surface area contributed by atoms with E-state index in [4.69, 9.17) is 4.42 Å². The number of furan rings is 1. The van der Waals surface area contributed by atoms with Crippen LogP contribution in [0.15, 0.2) is 31.5 Å². The van der Waals surface area contributed by atoms with Crippen LogP contribution < -0.4 is 16.6 Å². The van der Waals surface area contributed by atoms with Gasteiger partial charge in [-0.3, -0.25) is 19.1 Å². The van der Waals surface area contributed by atoms with E-state index in [-0.39, 0.29) is 51.8 Å². The molecule has 1 amide bonds. The molecule has 3 heterocycles. The number of alkyl halides is 3. The fraction of sp³-hybridized carbons (Fsp3) is 0.200.